The van der Waals surface area contributed by atoms with Gasteiger partial charge in [0, 0.05) is 24.2 Å². The van der Waals surface area contributed by atoms with Crippen molar-refractivity contribution >= 4 is 0 Å². The fraction of sp³-hybridized carbons (Fsp3) is 0.625. The average molecular weight is 262 g/mol. The maximum absolute atomic E-state index is 5.43. The number of nitrogens with zero attached hydrogens (tertiary/aromatic N) is 1. The maximum Gasteiger partial charge on any atom is 0.123 e. The topological polar surface area (TPSA) is 24.5 Å². The van der Waals surface area contributed by atoms with Gasteiger partial charge >= 0.3 is 0 Å². The van der Waals surface area contributed by atoms with Crippen LogP contribution in [0.25, 0.3) is 0 Å². The average Bonchev–Trinajstić information content (AvgIpc) is 2.48. The number of para-hydroxylation sites is 1. The van der Waals surface area contributed by atoms with Crippen LogP contribution in [-0.4, -0.2) is 38.2 Å². The van der Waals surface area contributed by atoms with Crippen molar-refractivity contribution in [3.8, 4) is 5.75 Å². The summed E-state index contributed by atoms with van der Waals surface area (Å²) in [6.07, 6.45) is 5.16. The van der Waals surface area contributed by atoms with E-state index >= 15 is 0 Å². The maximum atomic E-state index is 5.43. The van der Waals surface area contributed by atoms with E-state index in [1.54, 1.807) is 7.11 Å². The zero-order chi connectivity index (χ0) is 13.7. The van der Waals surface area contributed by atoms with E-state index in [4.69, 9.17) is 4.74 Å². The van der Waals surface area contributed by atoms with Gasteiger partial charge < -0.3 is 10.1 Å². The van der Waals surface area contributed by atoms with Gasteiger partial charge in [-0.05, 0) is 45.8 Å². The lowest BCUT2D eigenvalue weighted by molar-refractivity contribution is 0.168. The van der Waals surface area contributed by atoms with Gasteiger partial charge in [-0.3, -0.25) is 4.90 Å². The highest BCUT2D eigenvalue weighted by Gasteiger charge is 2.23. The van der Waals surface area contributed by atoms with E-state index in [0.29, 0.717) is 6.04 Å². The van der Waals surface area contributed by atoms with Gasteiger partial charge in [0.25, 0.3) is 0 Å². The Kier molecular flexibility index (Phi) is 5.23. The molecule has 0 heterocycles. The molecule has 106 valence electrons. The quantitative estimate of drug-likeness (QED) is 0.883. The molecule has 0 saturated heterocycles. The zero-order valence-electron chi connectivity index (χ0n) is 12.4. The third-order valence-electron chi connectivity index (χ3n) is 4.34. The van der Waals surface area contributed by atoms with Crippen LogP contribution in [0, 0.1) is 0 Å². The molecule has 0 atom stereocenters. The molecule has 0 radical (unpaired) electrons. The lowest BCUT2D eigenvalue weighted by Crippen LogP contribution is -2.39. The van der Waals surface area contributed by atoms with Crippen LogP contribution in [0.1, 0.15) is 31.2 Å². The van der Waals surface area contributed by atoms with E-state index in [0.717, 1.165) is 18.3 Å². The van der Waals surface area contributed by atoms with Crippen molar-refractivity contribution in [1.29, 1.82) is 0 Å². The Balaban J connectivity index is 1.92. The molecule has 1 aliphatic rings. The second-order valence-corrected chi connectivity index (χ2v) is 5.52. The van der Waals surface area contributed by atoms with E-state index in [9.17, 15) is 0 Å². The molecular formula is C16H26N2O. The highest BCUT2D eigenvalue weighted by atomic mass is 16.5. The fourth-order valence-corrected chi connectivity index (χ4v) is 3.04. The predicted octanol–water partition coefficient (Wildman–Crippen LogP) is 2.66. The van der Waals surface area contributed by atoms with Crippen LogP contribution in [0.3, 0.4) is 0 Å². The van der Waals surface area contributed by atoms with E-state index in [-0.39, 0.29) is 0 Å². The Morgan fingerprint density at radius 1 is 1.21 bits per heavy atom. The van der Waals surface area contributed by atoms with Gasteiger partial charge in [-0.2, -0.15) is 0 Å². The van der Waals surface area contributed by atoms with Gasteiger partial charge in [-0.1, -0.05) is 18.2 Å². The molecule has 1 aromatic rings. The molecule has 1 fully saturated rings. The highest BCUT2D eigenvalue weighted by molar-refractivity contribution is 5.33. The number of benzene rings is 1. The smallest absolute Gasteiger partial charge is 0.123 e. The molecule has 3 nitrogen and oxygen atoms in total. The van der Waals surface area contributed by atoms with Gasteiger partial charge in [-0.25, -0.2) is 0 Å². The van der Waals surface area contributed by atoms with Crippen LogP contribution in [0.4, 0.5) is 0 Å². The molecule has 0 unspecified atom stereocenters. The summed E-state index contributed by atoms with van der Waals surface area (Å²) in [4.78, 5) is 2.48. The van der Waals surface area contributed by atoms with Crippen molar-refractivity contribution in [2.75, 3.05) is 21.2 Å². The van der Waals surface area contributed by atoms with E-state index in [2.05, 4.69) is 36.4 Å². The number of methoxy groups -OCH3 is 1. The minimum absolute atomic E-state index is 0.703. The molecule has 0 amide bonds. The summed E-state index contributed by atoms with van der Waals surface area (Å²) in [6, 6.07) is 9.74. The van der Waals surface area contributed by atoms with Crippen LogP contribution in [0.2, 0.25) is 0 Å². The predicted molar refractivity (Wildman–Crippen MR) is 79.6 cm³/mol. The van der Waals surface area contributed by atoms with Crippen molar-refractivity contribution in [2.24, 2.45) is 0 Å². The molecule has 2 rings (SSSR count). The zero-order valence-corrected chi connectivity index (χ0v) is 12.4. The normalized spacial score (nSPS) is 23.6. The second kappa shape index (κ2) is 6.92. The Morgan fingerprint density at radius 2 is 1.89 bits per heavy atom. The molecule has 0 aliphatic heterocycles. The molecule has 3 heteroatoms. The standard InChI is InChI=1S/C16H26N2O/c1-17-14-8-10-15(11-9-14)18(2)12-13-6-4-5-7-16(13)19-3/h4-7,14-15,17H,8-12H2,1-3H3. The van der Waals surface area contributed by atoms with Crippen molar-refractivity contribution in [2.45, 2.75) is 44.3 Å². The number of hydrogen-bond acceptors (Lipinski definition) is 3. The number of ether oxygens (including phenoxy) is 1. The van der Waals surface area contributed by atoms with Crippen LogP contribution in [0.15, 0.2) is 24.3 Å². The molecule has 1 aromatic carbocycles. The van der Waals surface area contributed by atoms with Crippen LogP contribution < -0.4 is 10.1 Å². The third-order valence-corrected chi connectivity index (χ3v) is 4.34. The third kappa shape index (κ3) is 3.71. The Bertz CT molecular complexity index is 386. The number of nitrogens with one attached hydrogen (secondary N) is 1. The van der Waals surface area contributed by atoms with Gasteiger partial charge in [0.05, 0.1) is 7.11 Å². The summed E-state index contributed by atoms with van der Waals surface area (Å²) >= 11 is 0. The molecular weight excluding hydrogens is 236 g/mol. The summed E-state index contributed by atoms with van der Waals surface area (Å²) in [6.45, 7) is 0.971. The first-order valence-corrected chi connectivity index (χ1v) is 7.24. The fourth-order valence-electron chi connectivity index (χ4n) is 3.04. The van der Waals surface area contributed by atoms with Crippen molar-refractivity contribution in [1.82, 2.24) is 10.2 Å². The molecule has 0 aromatic heterocycles. The van der Waals surface area contributed by atoms with E-state index in [1.807, 2.05) is 12.1 Å². The summed E-state index contributed by atoms with van der Waals surface area (Å²) in [5, 5.41) is 3.39. The Hall–Kier alpha value is -1.06. The van der Waals surface area contributed by atoms with Crippen LogP contribution >= 0.6 is 0 Å². The molecule has 0 spiro atoms. The molecule has 1 aliphatic carbocycles. The van der Waals surface area contributed by atoms with Crippen molar-refractivity contribution < 1.29 is 4.74 Å². The molecule has 0 bridgehead atoms. The van der Waals surface area contributed by atoms with Crippen molar-refractivity contribution in [3.63, 3.8) is 0 Å². The lowest BCUT2D eigenvalue weighted by atomic mass is 9.90. The minimum Gasteiger partial charge on any atom is -0.496 e. The van der Waals surface area contributed by atoms with Gasteiger partial charge in [0.15, 0.2) is 0 Å². The summed E-state index contributed by atoms with van der Waals surface area (Å²) < 4.78 is 5.43. The first kappa shape index (κ1) is 14.4. The monoisotopic (exact) mass is 262 g/mol. The SMILES string of the molecule is CNC1CCC(N(C)Cc2ccccc2OC)CC1. The largest absolute Gasteiger partial charge is 0.496 e. The highest BCUT2D eigenvalue weighted by Crippen LogP contribution is 2.25. The van der Waals surface area contributed by atoms with E-state index < -0.39 is 0 Å². The molecule has 1 N–H and O–H groups in total. The first-order valence-electron chi connectivity index (χ1n) is 7.24. The van der Waals surface area contributed by atoms with Crippen LogP contribution in [-0.2, 0) is 6.54 Å². The van der Waals surface area contributed by atoms with Gasteiger partial charge in [0.1, 0.15) is 5.75 Å². The second-order valence-electron chi connectivity index (χ2n) is 5.52. The van der Waals surface area contributed by atoms with Gasteiger partial charge in [0.2, 0.25) is 0 Å². The number of rotatable bonds is 5. The van der Waals surface area contributed by atoms with Crippen molar-refractivity contribution in [3.05, 3.63) is 29.8 Å². The molecule has 19 heavy (non-hydrogen) atoms. The summed E-state index contributed by atoms with van der Waals surface area (Å²) in [5.74, 6) is 0.998. The lowest BCUT2D eigenvalue weighted by Gasteiger charge is -2.34. The first-order chi connectivity index (χ1) is 9.24. The Labute approximate surface area is 116 Å². The summed E-state index contributed by atoms with van der Waals surface area (Å²) in [7, 11) is 6.05. The minimum atomic E-state index is 0.703. The number of hydrogen-bond donors (Lipinski definition) is 1. The Morgan fingerprint density at radius 3 is 2.53 bits per heavy atom. The van der Waals surface area contributed by atoms with Crippen LogP contribution in [0.5, 0.6) is 5.75 Å². The van der Waals surface area contributed by atoms with Gasteiger partial charge in [-0.15, -0.1) is 0 Å². The summed E-state index contributed by atoms with van der Waals surface area (Å²) in [5.41, 5.74) is 1.28. The molecule has 1 saturated carbocycles. The van der Waals surface area contributed by atoms with E-state index in [1.165, 1.54) is 31.2 Å².